The van der Waals surface area contributed by atoms with Gasteiger partial charge >= 0.3 is 5.97 Å². The second-order valence-electron chi connectivity index (χ2n) is 11.4. The summed E-state index contributed by atoms with van der Waals surface area (Å²) in [4.78, 5) is 65.0. The highest BCUT2D eigenvalue weighted by molar-refractivity contribution is 8.00. The van der Waals surface area contributed by atoms with E-state index in [2.05, 4.69) is 20.8 Å². The fourth-order valence-corrected chi connectivity index (χ4v) is 8.10. The minimum absolute atomic E-state index is 0. The van der Waals surface area contributed by atoms with Crippen LogP contribution in [0.25, 0.3) is 0 Å². The molecule has 0 bridgehead atoms. The summed E-state index contributed by atoms with van der Waals surface area (Å²) >= 11 is 2.50. The molecular formula is C28H36ClN7O6S2. The highest BCUT2D eigenvalue weighted by atomic mass is 35.5. The van der Waals surface area contributed by atoms with E-state index in [1.165, 1.54) is 16.7 Å². The number of thioether (sulfide) groups is 1. The first kappa shape index (κ1) is 32.3. The molecule has 5 N–H and O–H groups in total. The minimum atomic E-state index is -1.25. The number of rotatable bonds is 9. The van der Waals surface area contributed by atoms with Crippen molar-refractivity contribution in [2.75, 3.05) is 37.7 Å². The number of nitrogens with one attached hydrogen (secondary N) is 2. The Labute approximate surface area is 269 Å². The van der Waals surface area contributed by atoms with Gasteiger partial charge in [0.25, 0.3) is 11.8 Å². The van der Waals surface area contributed by atoms with Crippen molar-refractivity contribution in [2.24, 2.45) is 11.1 Å². The highest BCUT2D eigenvalue weighted by Crippen LogP contribution is 2.41. The molecule has 1 aromatic rings. The Bertz CT molecular complexity index is 1400. The van der Waals surface area contributed by atoms with Gasteiger partial charge in [0.05, 0.1) is 0 Å². The number of anilines is 1. The molecule has 1 saturated carbocycles. The molecule has 6 rings (SSSR count). The molecule has 5 aliphatic rings. The van der Waals surface area contributed by atoms with Crippen LogP contribution in [-0.4, -0.2) is 98.7 Å². The number of fused-ring (bicyclic) bond motifs is 1. The lowest BCUT2D eigenvalue weighted by molar-refractivity contribution is -0.150. The van der Waals surface area contributed by atoms with Gasteiger partial charge in [-0.1, -0.05) is 5.16 Å². The van der Waals surface area contributed by atoms with Crippen LogP contribution in [0.5, 0.6) is 0 Å². The lowest BCUT2D eigenvalue weighted by Crippen LogP contribution is -2.71. The lowest BCUT2D eigenvalue weighted by Gasteiger charge is -2.49. The van der Waals surface area contributed by atoms with E-state index in [-0.39, 0.29) is 52.4 Å². The molecule has 16 heteroatoms. The summed E-state index contributed by atoms with van der Waals surface area (Å²) in [5.74, 6) is -1.78. The molecule has 1 aromatic heterocycles. The van der Waals surface area contributed by atoms with Crippen molar-refractivity contribution >= 4 is 70.0 Å². The second kappa shape index (κ2) is 13.9. The van der Waals surface area contributed by atoms with Gasteiger partial charge in [0.15, 0.2) is 10.8 Å². The first-order valence-corrected chi connectivity index (χ1v) is 16.6. The predicted molar refractivity (Wildman–Crippen MR) is 168 cm³/mol. The average Bonchev–Trinajstić information content (AvgIpc) is 3.75. The van der Waals surface area contributed by atoms with Crippen molar-refractivity contribution in [1.29, 1.82) is 0 Å². The molecule has 3 saturated heterocycles. The largest absolute Gasteiger partial charge is 0.477 e. The quantitative estimate of drug-likeness (QED) is 0.131. The number of nitrogens with zero attached hydrogens (tertiary/aromatic N) is 4. The molecule has 0 unspecified atom stereocenters. The molecule has 3 amide bonds. The lowest BCUT2D eigenvalue weighted by atomic mass is 9.97. The van der Waals surface area contributed by atoms with E-state index in [4.69, 9.17) is 10.6 Å². The van der Waals surface area contributed by atoms with Crippen molar-refractivity contribution in [3.8, 4) is 0 Å². The maximum absolute atomic E-state index is 13.3. The molecule has 238 valence electrons. The number of carboxylic acids is 1. The number of thiazole rings is 1. The number of carboxylic acid groups (broad SMARTS) is 1. The second-order valence-corrected chi connectivity index (χ2v) is 13.4. The number of carbonyl (C=O) groups is 4. The van der Waals surface area contributed by atoms with E-state index in [0.717, 1.165) is 63.0 Å². The monoisotopic (exact) mass is 665 g/mol. The van der Waals surface area contributed by atoms with Crippen LogP contribution < -0.4 is 16.4 Å². The zero-order valence-electron chi connectivity index (χ0n) is 24.0. The van der Waals surface area contributed by atoms with Crippen LogP contribution in [0.1, 0.15) is 50.6 Å². The predicted octanol–water partition coefficient (Wildman–Crippen LogP) is 1.71. The van der Waals surface area contributed by atoms with Crippen molar-refractivity contribution in [2.45, 2.75) is 62.5 Å². The number of aliphatic carboxylic acids is 1. The van der Waals surface area contributed by atoms with Crippen LogP contribution in [0.3, 0.4) is 0 Å². The van der Waals surface area contributed by atoms with Gasteiger partial charge in [-0.25, -0.2) is 9.78 Å². The Morgan fingerprint density at radius 2 is 1.98 bits per heavy atom. The number of amides is 3. The number of piperidine rings is 1. The van der Waals surface area contributed by atoms with Crippen LogP contribution in [0, 0.1) is 5.92 Å². The summed E-state index contributed by atoms with van der Waals surface area (Å²) in [6, 6.07) is -0.956. The van der Waals surface area contributed by atoms with Gasteiger partial charge in [0.2, 0.25) is 5.91 Å². The number of nitrogen functional groups attached to an aromatic ring is 1. The first-order chi connectivity index (χ1) is 20.8. The number of aromatic nitrogens is 1. The molecule has 4 aliphatic heterocycles. The smallest absolute Gasteiger partial charge is 0.352 e. The van der Waals surface area contributed by atoms with Crippen LogP contribution in [0.2, 0.25) is 0 Å². The van der Waals surface area contributed by atoms with Crippen LogP contribution in [0.4, 0.5) is 5.13 Å². The SMILES string of the molecule is Cl.Nc1nc(/C(=N/OC2CCCC2)C(=O)N[C@@H]2C(=O)N3C(C(=O)O)=C(/C=C4\CCN(CC5CCNCC5)C4=O)CS[C@H]23)cs1. The van der Waals surface area contributed by atoms with Crippen LogP contribution in [-0.2, 0) is 24.0 Å². The Morgan fingerprint density at radius 1 is 1.23 bits per heavy atom. The van der Waals surface area contributed by atoms with Gasteiger partial charge in [0.1, 0.15) is 28.9 Å². The molecule has 0 radical (unpaired) electrons. The first-order valence-electron chi connectivity index (χ1n) is 14.7. The minimum Gasteiger partial charge on any atom is -0.477 e. The van der Waals surface area contributed by atoms with Crippen molar-refractivity contribution < 1.29 is 29.1 Å². The topological polar surface area (TPSA) is 180 Å². The number of oxime groups is 1. The van der Waals surface area contributed by atoms with E-state index < -0.39 is 29.2 Å². The Morgan fingerprint density at radius 3 is 2.66 bits per heavy atom. The maximum Gasteiger partial charge on any atom is 0.352 e. The number of halogens is 1. The Balaban J connectivity index is 0.00000384. The zero-order valence-corrected chi connectivity index (χ0v) is 26.5. The fourth-order valence-electron chi connectivity index (χ4n) is 6.25. The molecular weight excluding hydrogens is 630 g/mol. The number of allylic oxidation sites excluding steroid dienone is 1. The standard InChI is InChI=1S/C28H35N7O6S2.ClH/c29-28-31-19(14-43-28)20(33-41-18-3-1-2-4-18)23(36)32-21-25(38)35-22(27(39)40)17(13-42-26(21)35)11-16-7-10-34(24(16)37)12-15-5-8-30-9-6-15;/h11,14-15,18,21,26,30H,1-10,12-13H2,(H2,29,31)(H,32,36)(H,39,40);1H/b16-11+,33-20-;/t21-,26-;/m1./s1. The van der Waals surface area contributed by atoms with Gasteiger partial charge in [0, 0.05) is 29.8 Å². The third kappa shape index (κ3) is 6.60. The fraction of sp³-hybridized carbons (Fsp3) is 0.571. The molecule has 4 fully saturated rings. The summed E-state index contributed by atoms with van der Waals surface area (Å²) < 4.78 is 0. The number of carbonyl (C=O) groups excluding carboxylic acids is 3. The van der Waals surface area contributed by atoms with E-state index >= 15 is 0 Å². The highest BCUT2D eigenvalue weighted by Gasteiger charge is 2.54. The summed E-state index contributed by atoms with van der Waals surface area (Å²) in [6.07, 6.45) is 7.90. The summed E-state index contributed by atoms with van der Waals surface area (Å²) in [5, 5.41) is 21.5. The van der Waals surface area contributed by atoms with Gasteiger partial charge in [-0.05, 0) is 75.6 Å². The summed E-state index contributed by atoms with van der Waals surface area (Å²) in [6.45, 7) is 3.22. The number of hydrogen-bond donors (Lipinski definition) is 4. The molecule has 0 spiro atoms. The molecule has 2 atom stereocenters. The molecule has 0 aromatic carbocycles. The Hall–Kier alpha value is -3.14. The molecule has 1 aliphatic carbocycles. The Kier molecular flexibility index (Phi) is 10.2. The zero-order chi connectivity index (χ0) is 30.1. The van der Waals surface area contributed by atoms with Crippen molar-refractivity contribution in [3.05, 3.63) is 34.0 Å². The van der Waals surface area contributed by atoms with E-state index in [1.54, 1.807) is 11.5 Å². The summed E-state index contributed by atoms with van der Waals surface area (Å²) in [7, 11) is 0. The molecule has 5 heterocycles. The van der Waals surface area contributed by atoms with Gasteiger partial charge < -0.3 is 31.2 Å². The van der Waals surface area contributed by atoms with Crippen molar-refractivity contribution in [3.63, 3.8) is 0 Å². The molecule has 44 heavy (non-hydrogen) atoms. The number of β-lactam (4-membered cyclic amide) rings is 1. The number of nitrogens with two attached hydrogens (primary N) is 1. The summed E-state index contributed by atoms with van der Waals surface area (Å²) in [5.41, 5.74) is 6.77. The third-order valence-corrected chi connectivity index (χ3v) is 10.5. The van der Waals surface area contributed by atoms with Gasteiger partial charge in [-0.3, -0.25) is 19.3 Å². The maximum atomic E-state index is 13.3. The van der Waals surface area contributed by atoms with Gasteiger partial charge in [-0.2, -0.15) is 0 Å². The van der Waals surface area contributed by atoms with Crippen LogP contribution >= 0.6 is 35.5 Å². The third-order valence-electron chi connectivity index (χ3n) is 8.56. The normalized spacial score (nSPS) is 25.6. The number of hydrogen-bond acceptors (Lipinski definition) is 11. The number of likely N-dealkylation sites (tertiary alicyclic amines) is 1. The van der Waals surface area contributed by atoms with E-state index in [9.17, 15) is 24.3 Å². The molecule has 13 nitrogen and oxygen atoms in total. The van der Waals surface area contributed by atoms with Crippen molar-refractivity contribution in [1.82, 2.24) is 25.4 Å². The van der Waals surface area contributed by atoms with E-state index in [0.29, 0.717) is 36.6 Å². The van der Waals surface area contributed by atoms with Gasteiger partial charge in [-0.15, -0.1) is 35.5 Å². The average molecular weight is 666 g/mol. The van der Waals surface area contributed by atoms with Crippen LogP contribution in [0.15, 0.2) is 33.5 Å². The van der Waals surface area contributed by atoms with E-state index in [1.807, 2.05) is 4.90 Å².